The first-order valence-corrected chi connectivity index (χ1v) is 9.66. The van der Waals surface area contributed by atoms with Gasteiger partial charge in [-0.15, -0.1) is 0 Å². The number of carbonyl (C=O) groups excluding carboxylic acids is 1. The normalized spacial score (nSPS) is 14.3. The molecule has 138 valence electrons. The number of oxazole rings is 1. The van der Waals surface area contributed by atoms with Gasteiger partial charge in [0.2, 0.25) is 5.89 Å². The molecule has 1 aromatic carbocycles. The van der Waals surface area contributed by atoms with Crippen molar-refractivity contribution in [2.24, 2.45) is 0 Å². The van der Waals surface area contributed by atoms with E-state index in [1.54, 1.807) is 18.5 Å². The Morgan fingerprint density at radius 1 is 1.38 bits per heavy atom. The summed E-state index contributed by atoms with van der Waals surface area (Å²) >= 11 is 0. The number of benzene rings is 1. The topological polar surface area (TPSA) is 127 Å². The number of carbonyl (C=O) groups is 1. The highest BCUT2D eigenvalue weighted by atomic mass is 32.2. The molecule has 0 aliphatic carbocycles. The number of aryl methyl sites for hydroxylation is 1. The molecule has 1 atom stereocenters. The lowest BCUT2D eigenvalue weighted by Gasteiger charge is -2.24. The Balaban J connectivity index is 1.81. The molecule has 10 heteroatoms. The molecule has 0 saturated heterocycles. The van der Waals surface area contributed by atoms with E-state index in [1.165, 1.54) is 17.1 Å². The molecule has 1 amide bonds. The second kappa shape index (κ2) is 6.54. The summed E-state index contributed by atoms with van der Waals surface area (Å²) in [4.78, 5) is 16.2. The molecular formula is C16H18N4O5S. The van der Waals surface area contributed by atoms with Gasteiger partial charge in [-0.1, -0.05) is 12.1 Å². The number of hydroxylamine groups is 1. The van der Waals surface area contributed by atoms with Gasteiger partial charge in [-0.25, -0.2) is 18.9 Å². The third kappa shape index (κ3) is 3.20. The number of hydrogen-bond donors (Lipinski definition) is 2. The highest BCUT2D eigenvalue weighted by molar-refractivity contribution is 7.92. The van der Waals surface area contributed by atoms with E-state index in [2.05, 4.69) is 10.1 Å². The standard InChI is InChI=1S/C16H18N4O5S/c1-16(15(21)19-22,26(2,23)24)7-8-20-10-11(9-17-20)14-18-12-5-3-4-6-13(12)25-14/h3-6,9-10,22H,7-8H2,1-2H3,(H,19,21). The smallest absolute Gasteiger partial charge is 0.264 e. The van der Waals surface area contributed by atoms with E-state index in [0.29, 0.717) is 17.0 Å². The Labute approximate surface area is 149 Å². The molecule has 3 rings (SSSR count). The predicted octanol–water partition coefficient (Wildman–Crippen LogP) is 1.39. The Kier molecular flexibility index (Phi) is 4.55. The van der Waals surface area contributed by atoms with Crippen LogP contribution in [0.2, 0.25) is 0 Å². The number of aromatic nitrogens is 3. The molecule has 0 fully saturated rings. The summed E-state index contributed by atoms with van der Waals surface area (Å²) in [5.41, 5.74) is 3.43. The lowest BCUT2D eigenvalue weighted by molar-refractivity contribution is -0.131. The average Bonchev–Trinajstić information content (AvgIpc) is 3.24. The minimum absolute atomic E-state index is 0.0626. The Bertz CT molecular complexity index is 1020. The van der Waals surface area contributed by atoms with Crippen LogP contribution in [0.1, 0.15) is 13.3 Å². The molecule has 0 aliphatic heterocycles. The molecule has 0 radical (unpaired) electrons. The fraction of sp³-hybridized carbons (Fsp3) is 0.312. The Morgan fingerprint density at radius 2 is 2.12 bits per heavy atom. The monoisotopic (exact) mass is 378 g/mol. The Hall–Kier alpha value is -2.72. The van der Waals surface area contributed by atoms with Crippen LogP contribution in [0.5, 0.6) is 0 Å². The summed E-state index contributed by atoms with van der Waals surface area (Å²) in [6.07, 6.45) is 4.10. The first-order valence-electron chi connectivity index (χ1n) is 7.77. The van der Waals surface area contributed by atoms with Gasteiger partial charge in [0, 0.05) is 19.0 Å². The average molecular weight is 378 g/mol. The van der Waals surface area contributed by atoms with Crippen LogP contribution in [0, 0.1) is 0 Å². The molecule has 0 bridgehead atoms. The zero-order valence-electron chi connectivity index (χ0n) is 14.2. The van der Waals surface area contributed by atoms with E-state index in [-0.39, 0.29) is 13.0 Å². The van der Waals surface area contributed by atoms with Crippen molar-refractivity contribution in [3.63, 3.8) is 0 Å². The van der Waals surface area contributed by atoms with Gasteiger partial charge in [-0.3, -0.25) is 14.7 Å². The van der Waals surface area contributed by atoms with Crippen molar-refractivity contribution in [3.8, 4) is 11.5 Å². The number of nitrogens with zero attached hydrogens (tertiary/aromatic N) is 3. The second-order valence-corrected chi connectivity index (χ2v) is 8.62. The second-order valence-electron chi connectivity index (χ2n) is 6.17. The van der Waals surface area contributed by atoms with Gasteiger partial charge < -0.3 is 4.42 Å². The first kappa shape index (κ1) is 18.1. The largest absolute Gasteiger partial charge is 0.436 e. The van der Waals surface area contributed by atoms with E-state index in [0.717, 1.165) is 11.8 Å². The van der Waals surface area contributed by atoms with E-state index >= 15 is 0 Å². The van der Waals surface area contributed by atoms with Crippen molar-refractivity contribution in [1.82, 2.24) is 20.2 Å². The maximum atomic E-state index is 12.0. The summed E-state index contributed by atoms with van der Waals surface area (Å²) in [6.45, 7) is 1.41. The number of sulfone groups is 1. The molecular weight excluding hydrogens is 360 g/mol. The van der Waals surface area contributed by atoms with Crippen LogP contribution in [-0.4, -0.2) is 45.3 Å². The summed E-state index contributed by atoms with van der Waals surface area (Å²) in [6, 6.07) is 7.34. The third-order valence-corrected chi connectivity index (χ3v) is 6.42. The van der Waals surface area contributed by atoms with Crippen molar-refractivity contribution in [2.45, 2.75) is 24.6 Å². The number of rotatable bonds is 6. The van der Waals surface area contributed by atoms with Crippen LogP contribution < -0.4 is 5.48 Å². The SMILES string of the molecule is CC(CCn1cc(-c2nc3ccccc3o2)cn1)(C(=O)NO)S(C)(=O)=O. The zero-order valence-corrected chi connectivity index (χ0v) is 15.0. The molecule has 9 nitrogen and oxygen atoms in total. The number of hydrogen-bond acceptors (Lipinski definition) is 7. The lowest BCUT2D eigenvalue weighted by atomic mass is 10.1. The van der Waals surface area contributed by atoms with Crippen molar-refractivity contribution < 1.29 is 22.8 Å². The summed E-state index contributed by atoms with van der Waals surface area (Å²) in [5, 5.41) is 13.0. The number of nitrogens with one attached hydrogen (secondary N) is 1. The van der Waals surface area contributed by atoms with Crippen LogP contribution in [-0.2, 0) is 21.2 Å². The summed E-state index contributed by atoms with van der Waals surface area (Å²) in [7, 11) is -3.75. The maximum Gasteiger partial charge on any atom is 0.264 e. The van der Waals surface area contributed by atoms with Gasteiger partial charge in [0.05, 0.1) is 11.8 Å². The summed E-state index contributed by atoms with van der Waals surface area (Å²) in [5.74, 6) is -0.581. The fourth-order valence-corrected chi connectivity index (χ4v) is 3.35. The summed E-state index contributed by atoms with van der Waals surface area (Å²) < 4.78 is 29.3. The van der Waals surface area contributed by atoms with Crippen LogP contribution in [0.25, 0.3) is 22.6 Å². The van der Waals surface area contributed by atoms with Crippen molar-refractivity contribution in [3.05, 3.63) is 36.7 Å². The molecule has 2 heterocycles. The first-order chi connectivity index (χ1) is 12.2. The van der Waals surface area contributed by atoms with E-state index in [1.807, 2.05) is 18.2 Å². The molecule has 2 N–H and O–H groups in total. The van der Waals surface area contributed by atoms with E-state index in [4.69, 9.17) is 9.62 Å². The molecule has 0 saturated carbocycles. The zero-order chi connectivity index (χ0) is 18.9. The van der Waals surface area contributed by atoms with Crippen LogP contribution in [0.4, 0.5) is 0 Å². The minimum atomic E-state index is -3.75. The van der Waals surface area contributed by atoms with Gasteiger partial charge in [-0.05, 0) is 25.5 Å². The van der Waals surface area contributed by atoms with Gasteiger partial charge in [0.15, 0.2) is 20.2 Å². The highest BCUT2D eigenvalue weighted by Crippen LogP contribution is 2.25. The number of fused-ring (bicyclic) bond motifs is 1. The number of amides is 1. The molecule has 26 heavy (non-hydrogen) atoms. The van der Waals surface area contributed by atoms with Gasteiger partial charge in [0.25, 0.3) is 5.91 Å². The quantitative estimate of drug-likeness (QED) is 0.490. The van der Waals surface area contributed by atoms with Crippen LogP contribution in [0.3, 0.4) is 0 Å². The minimum Gasteiger partial charge on any atom is -0.436 e. The molecule has 1 unspecified atom stereocenters. The van der Waals surface area contributed by atoms with Crippen molar-refractivity contribution >= 4 is 26.8 Å². The lowest BCUT2D eigenvalue weighted by Crippen LogP contribution is -2.49. The van der Waals surface area contributed by atoms with E-state index < -0.39 is 20.5 Å². The van der Waals surface area contributed by atoms with Gasteiger partial charge in [0.1, 0.15) is 5.52 Å². The fourth-order valence-electron chi connectivity index (χ4n) is 2.51. The van der Waals surface area contributed by atoms with Gasteiger partial charge in [-0.2, -0.15) is 5.10 Å². The molecule has 0 aliphatic rings. The van der Waals surface area contributed by atoms with Crippen LogP contribution in [0.15, 0.2) is 41.1 Å². The predicted molar refractivity (Wildman–Crippen MR) is 93.0 cm³/mol. The maximum absolute atomic E-state index is 12.0. The number of para-hydroxylation sites is 2. The van der Waals surface area contributed by atoms with E-state index in [9.17, 15) is 13.2 Å². The Morgan fingerprint density at radius 3 is 2.77 bits per heavy atom. The molecule has 3 aromatic rings. The van der Waals surface area contributed by atoms with Gasteiger partial charge >= 0.3 is 0 Å². The van der Waals surface area contributed by atoms with Crippen LogP contribution >= 0.6 is 0 Å². The third-order valence-electron chi connectivity index (χ3n) is 4.39. The molecule has 0 spiro atoms. The highest BCUT2D eigenvalue weighted by Gasteiger charge is 2.43. The molecule has 2 aromatic heterocycles. The van der Waals surface area contributed by atoms with Crippen molar-refractivity contribution in [1.29, 1.82) is 0 Å². The van der Waals surface area contributed by atoms with Crippen molar-refractivity contribution in [2.75, 3.05) is 6.26 Å².